The van der Waals surface area contributed by atoms with Crippen LogP contribution in [0.5, 0.6) is 0 Å². The normalized spacial score (nSPS) is 15.8. The van der Waals surface area contributed by atoms with Crippen LogP contribution >= 0.6 is 0 Å². The molecule has 3 rings (SSSR count). The van der Waals surface area contributed by atoms with Crippen LogP contribution in [-0.4, -0.2) is 22.6 Å². The first kappa shape index (κ1) is 10.5. The Balaban J connectivity index is 1.82. The van der Waals surface area contributed by atoms with E-state index in [1.54, 1.807) is 0 Å². The van der Waals surface area contributed by atoms with Gasteiger partial charge in [0.1, 0.15) is 0 Å². The molecule has 0 spiro atoms. The van der Waals surface area contributed by atoms with Crippen molar-refractivity contribution in [2.45, 2.75) is 19.4 Å². The lowest BCUT2D eigenvalue weighted by atomic mass is 10.00. The monoisotopic (exact) mass is 227 g/mol. The number of imidazole rings is 1. The van der Waals surface area contributed by atoms with Gasteiger partial charge >= 0.3 is 0 Å². The van der Waals surface area contributed by atoms with Crippen LogP contribution in [0.4, 0.5) is 0 Å². The minimum Gasteiger partial charge on any atom is -0.330 e. The second kappa shape index (κ2) is 4.34. The first-order valence-electron chi connectivity index (χ1n) is 6.09. The molecule has 2 aromatic rings. The van der Waals surface area contributed by atoms with Crippen LogP contribution in [0, 0.1) is 6.92 Å². The largest absolute Gasteiger partial charge is 0.330 e. The van der Waals surface area contributed by atoms with E-state index in [0.29, 0.717) is 5.92 Å². The molecule has 0 atom stereocenters. The summed E-state index contributed by atoms with van der Waals surface area (Å²) < 4.78 is 2.26. The number of hydrogen-bond acceptors (Lipinski definition) is 2. The molecule has 0 aliphatic carbocycles. The topological polar surface area (TPSA) is 29.9 Å². The maximum Gasteiger partial charge on any atom is 0.0951 e. The average molecular weight is 227 g/mol. The Labute approximate surface area is 101 Å². The summed E-state index contributed by atoms with van der Waals surface area (Å²) in [4.78, 5) is 4.28. The number of hydrogen-bond donors (Lipinski definition) is 1. The summed E-state index contributed by atoms with van der Waals surface area (Å²) >= 11 is 0. The van der Waals surface area contributed by atoms with Crippen LogP contribution in [-0.2, 0) is 6.54 Å². The van der Waals surface area contributed by atoms with E-state index in [1.807, 2.05) is 12.5 Å². The predicted molar refractivity (Wildman–Crippen MR) is 68.1 cm³/mol. The number of aryl methyl sites for hydroxylation is 1. The van der Waals surface area contributed by atoms with Gasteiger partial charge in [0.15, 0.2) is 0 Å². The van der Waals surface area contributed by atoms with Crippen molar-refractivity contribution < 1.29 is 0 Å². The second-order valence-electron chi connectivity index (χ2n) is 4.79. The fourth-order valence-electron chi connectivity index (χ4n) is 2.31. The molecular weight excluding hydrogens is 210 g/mol. The number of rotatable bonds is 3. The molecule has 0 unspecified atom stereocenters. The number of nitrogens with zero attached hydrogens (tertiary/aromatic N) is 2. The maximum absolute atomic E-state index is 4.28. The third kappa shape index (κ3) is 2.11. The Hall–Kier alpha value is -1.61. The van der Waals surface area contributed by atoms with Gasteiger partial charge in [-0.1, -0.05) is 29.8 Å². The molecule has 1 aliphatic heterocycles. The van der Waals surface area contributed by atoms with Crippen LogP contribution in [0.2, 0.25) is 0 Å². The van der Waals surface area contributed by atoms with Gasteiger partial charge in [0.05, 0.1) is 6.33 Å². The van der Waals surface area contributed by atoms with Crippen molar-refractivity contribution in [1.82, 2.24) is 14.9 Å². The molecule has 1 N–H and O–H groups in total. The van der Waals surface area contributed by atoms with E-state index in [9.17, 15) is 0 Å². The van der Waals surface area contributed by atoms with Gasteiger partial charge in [0, 0.05) is 37.4 Å². The number of benzene rings is 1. The highest BCUT2D eigenvalue weighted by molar-refractivity contribution is 5.23. The molecule has 1 saturated heterocycles. The van der Waals surface area contributed by atoms with Gasteiger partial charge in [-0.05, 0) is 12.5 Å². The molecule has 1 aliphatic rings. The Morgan fingerprint density at radius 1 is 1.41 bits per heavy atom. The minimum absolute atomic E-state index is 0.641. The fourth-order valence-corrected chi connectivity index (χ4v) is 2.31. The van der Waals surface area contributed by atoms with Crippen molar-refractivity contribution in [3.8, 4) is 0 Å². The summed E-state index contributed by atoms with van der Waals surface area (Å²) in [5.41, 5.74) is 4.01. The summed E-state index contributed by atoms with van der Waals surface area (Å²) in [7, 11) is 0. The van der Waals surface area contributed by atoms with Crippen LogP contribution in [0.15, 0.2) is 36.8 Å². The lowest BCUT2D eigenvalue weighted by molar-refractivity contribution is 0.427. The zero-order chi connectivity index (χ0) is 11.7. The predicted octanol–water partition coefficient (Wildman–Crippen LogP) is 1.93. The third-order valence-electron chi connectivity index (χ3n) is 3.38. The third-order valence-corrected chi connectivity index (χ3v) is 3.38. The zero-order valence-corrected chi connectivity index (χ0v) is 10.1. The molecular formula is C14H17N3. The van der Waals surface area contributed by atoms with E-state index < -0.39 is 0 Å². The molecule has 0 saturated carbocycles. The summed E-state index contributed by atoms with van der Waals surface area (Å²) in [5.74, 6) is 0.641. The lowest BCUT2D eigenvalue weighted by Crippen LogP contribution is -2.40. The highest BCUT2D eigenvalue weighted by Gasteiger charge is 2.22. The Bertz CT molecular complexity index is 512. The number of nitrogens with one attached hydrogen (secondary N) is 1. The highest BCUT2D eigenvalue weighted by Crippen LogP contribution is 2.20. The molecule has 0 bridgehead atoms. The van der Waals surface area contributed by atoms with Crippen molar-refractivity contribution in [2.75, 3.05) is 13.1 Å². The van der Waals surface area contributed by atoms with E-state index in [-0.39, 0.29) is 0 Å². The average Bonchev–Trinajstić information content (AvgIpc) is 2.64. The van der Waals surface area contributed by atoms with E-state index in [4.69, 9.17) is 0 Å². The smallest absolute Gasteiger partial charge is 0.0951 e. The zero-order valence-electron chi connectivity index (χ0n) is 10.1. The Kier molecular flexibility index (Phi) is 2.69. The van der Waals surface area contributed by atoms with E-state index >= 15 is 0 Å². The first-order chi connectivity index (χ1) is 8.33. The fraction of sp³-hybridized carbons (Fsp3) is 0.357. The Morgan fingerprint density at radius 3 is 3.00 bits per heavy atom. The molecule has 0 amide bonds. The van der Waals surface area contributed by atoms with Crippen LogP contribution < -0.4 is 5.32 Å². The Morgan fingerprint density at radius 2 is 2.29 bits per heavy atom. The van der Waals surface area contributed by atoms with Crippen LogP contribution in [0.3, 0.4) is 0 Å². The molecule has 1 fully saturated rings. The lowest BCUT2D eigenvalue weighted by Gasteiger charge is -2.27. The second-order valence-corrected chi connectivity index (χ2v) is 4.79. The first-order valence-corrected chi connectivity index (χ1v) is 6.09. The molecule has 1 aromatic heterocycles. The van der Waals surface area contributed by atoms with E-state index in [1.165, 1.54) is 16.8 Å². The van der Waals surface area contributed by atoms with Gasteiger partial charge in [0.2, 0.25) is 0 Å². The molecule has 2 heterocycles. The molecule has 3 nitrogen and oxygen atoms in total. The van der Waals surface area contributed by atoms with Gasteiger partial charge in [-0.15, -0.1) is 0 Å². The van der Waals surface area contributed by atoms with Gasteiger partial charge < -0.3 is 9.88 Å². The quantitative estimate of drug-likeness (QED) is 0.868. The van der Waals surface area contributed by atoms with Crippen LogP contribution in [0.1, 0.15) is 22.7 Å². The van der Waals surface area contributed by atoms with E-state index in [0.717, 1.165) is 19.6 Å². The highest BCUT2D eigenvalue weighted by atomic mass is 15.1. The van der Waals surface area contributed by atoms with Gasteiger partial charge in [0.25, 0.3) is 0 Å². The van der Waals surface area contributed by atoms with Crippen molar-refractivity contribution in [3.63, 3.8) is 0 Å². The molecule has 0 radical (unpaired) electrons. The molecule has 3 heteroatoms. The van der Waals surface area contributed by atoms with E-state index in [2.05, 4.69) is 46.1 Å². The standard InChI is InChI=1S/C14H17N3/c1-11-3-2-4-12(5-11)9-17-10-16-8-14(17)13-6-15-7-13/h2-5,8,10,13,15H,6-7,9H2,1H3. The van der Waals surface area contributed by atoms with Gasteiger partial charge in [-0.3, -0.25) is 0 Å². The minimum atomic E-state index is 0.641. The van der Waals surface area contributed by atoms with Crippen molar-refractivity contribution in [3.05, 3.63) is 53.6 Å². The number of aromatic nitrogens is 2. The SMILES string of the molecule is Cc1cccc(Cn2cncc2C2CNC2)c1. The molecule has 17 heavy (non-hydrogen) atoms. The summed E-state index contributed by atoms with van der Waals surface area (Å²) in [6.45, 7) is 5.22. The summed E-state index contributed by atoms with van der Waals surface area (Å²) in [6.07, 6.45) is 3.94. The van der Waals surface area contributed by atoms with Gasteiger partial charge in [-0.25, -0.2) is 4.98 Å². The molecule has 1 aromatic carbocycles. The molecule has 88 valence electrons. The van der Waals surface area contributed by atoms with Gasteiger partial charge in [-0.2, -0.15) is 0 Å². The summed E-state index contributed by atoms with van der Waals surface area (Å²) in [6, 6.07) is 8.67. The van der Waals surface area contributed by atoms with Crippen LogP contribution in [0.25, 0.3) is 0 Å². The van der Waals surface area contributed by atoms with Crippen molar-refractivity contribution in [2.24, 2.45) is 0 Å². The maximum atomic E-state index is 4.28. The van der Waals surface area contributed by atoms with Crippen molar-refractivity contribution >= 4 is 0 Å². The van der Waals surface area contributed by atoms with Crippen molar-refractivity contribution in [1.29, 1.82) is 0 Å². The summed E-state index contributed by atoms with van der Waals surface area (Å²) in [5, 5.41) is 3.31.